The molecule has 2 N–H and O–H groups in total. The number of hydrogen-bond acceptors (Lipinski definition) is 3. The van der Waals surface area contributed by atoms with E-state index in [1.165, 1.54) is 0 Å². The molecule has 102 valence electrons. The van der Waals surface area contributed by atoms with Crippen LogP contribution < -0.4 is 10.1 Å². The Bertz CT molecular complexity index is 362. The molecule has 0 spiro atoms. The third-order valence-electron chi connectivity index (χ3n) is 2.70. The predicted octanol–water partition coefficient (Wildman–Crippen LogP) is 2.43. The van der Waals surface area contributed by atoms with Gasteiger partial charge in [0.25, 0.3) is 0 Å². The molecule has 0 radical (unpaired) electrons. The second-order valence-corrected chi connectivity index (χ2v) is 5.82. The molecule has 0 saturated heterocycles. The normalized spacial score (nSPS) is 13.4. The SMILES string of the molecule is Cc1cccc(C)c1OC[C@H](O)CNC(C)(C)C. The van der Waals surface area contributed by atoms with E-state index in [-0.39, 0.29) is 5.54 Å². The van der Waals surface area contributed by atoms with Crippen LogP contribution in [0.2, 0.25) is 0 Å². The van der Waals surface area contributed by atoms with E-state index in [1.807, 2.05) is 32.0 Å². The number of ether oxygens (including phenoxy) is 1. The van der Waals surface area contributed by atoms with Crippen LogP contribution in [0.15, 0.2) is 18.2 Å². The summed E-state index contributed by atoms with van der Waals surface area (Å²) in [5.41, 5.74) is 2.22. The van der Waals surface area contributed by atoms with Gasteiger partial charge in [-0.05, 0) is 45.7 Å². The third kappa shape index (κ3) is 5.07. The van der Waals surface area contributed by atoms with Crippen LogP contribution in [0.5, 0.6) is 5.75 Å². The third-order valence-corrected chi connectivity index (χ3v) is 2.70. The molecule has 0 aliphatic rings. The van der Waals surface area contributed by atoms with Crippen molar-refractivity contribution in [3.63, 3.8) is 0 Å². The first-order valence-electron chi connectivity index (χ1n) is 6.42. The van der Waals surface area contributed by atoms with Crippen molar-refractivity contribution in [3.05, 3.63) is 29.3 Å². The molecule has 0 fully saturated rings. The summed E-state index contributed by atoms with van der Waals surface area (Å²) in [6.07, 6.45) is -0.497. The van der Waals surface area contributed by atoms with Crippen molar-refractivity contribution in [2.45, 2.75) is 46.3 Å². The minimum absolute atomic E-state index is 0.0135. The lowest BCUT2D eigenvalue weighted by molar-refractivity contribution is 0.0994. The van der Waals surface area contributed by atoms with Gasteiger partial charge >= 0.3 is 0 Å². The van der Waals surface area contributed by atoms with Crippen LogP contribution in [0.1, 0.15) is 31.9 Å². The minimum Gasteiger partial charge on any atom is -0.490 e. The summed E-state index contributed by atoms with van der Waals surface area (Å²) in [6, 6.07) is 6.04. The van der Waals surface area contributed by atoms with Gasteiger partial charge in [0.1, 0.15) is 18.5 Å². The number of nitrogens with one attached hydrogen (secondary N) is 1. The molecule has 0 aliphatic carbocycles. The van der Waals surface area contributed by atoms with Crippen molar-refractivity contribution in [2.24, 2.45) is 0 Å². The second-order valence-electron chi connectivity index (χ2n) is 5.82. The van der Waals surface area contributed by atoms with E-state index >= 15 is 0 Å². The van der Waals surface area contributed by atoms with Crippen molar-refractivity contribution in [1.82, 2.24) is 5.32 Å². The summed E-state index contributed by atoms with van der Waals surface area (Å²) in [6.45, 7) is 11.1. The van der Waals surface area contributed by atoms with E-state index in [0.717, 1.165) is 16.9 Å². The maximum absolute atomic E-state index is 9.87. The maximum atomic E-state index is 9.87. The molecule has 3 nitrogen and oxygen atoms in total. The van der Waals surface area contributed by atoms with Crippen molar-refractivity contribution in [1.29, 1.82) is 0 Å². The first kappa shape index (κ1) is 15.0. The smallest absolute Gasteiger partial charge is 0.125 e. The first-order chi connectivity index (χ1) is 8.29. The van der Waals surface area contributed by atoms with Crippen molar-refractivity contribution in [3.8, 4) is 5.75 Å². The van der Waals surface area contributed by atoms with Crippen LogP contribution in [-0.4, -0.2) is 29.9 Å². The molecule has 18 heavy (non-hydrogen) atoms. The molecular formula is C15H25NO2. The van der Waals surface area contributed by atoms with E-state index in [9.17, 15) is 5.11 Å². The number of para-hydroxylation sites is 1. The van der Waals surface area contributed by atoms with Crippen LogP contribution in [0.25, 0.3) is 0 Å². The summed E-state index contributed by atoms with van der Waals surface area (Å²) < 4.78 is 5.70. The largest absolute Gasteiger partial charge is 0.490 e. The highest BCUT2D eigenvalue weighted by Gasteiger charge is 2.13. The Balaban J connectivity index is 2.45. The lowest BCUT2D eigenvalue weighted by Gasteiger charge is -2.23. The predicted molar refractivity (Wildman–Crippen MR) is 75.2 cm³/mol. The molecule has 3 heteroatoms. The van der Waals surface area contributed by atoms with Crippen LogP contribution in [0, 0.1) is 13.8 Å². The quantitative estimate of drug-likeness (QED) is 0.844. The number of hydrogen-bond donors (Lipinski definition) is 2. The molecule has 0 unspecified atom stereocenters. The van der Waals surface area contributed by atoms with Crippen molar-refractivity contribution < 1.29 is 9.84 Å². The highest BCUT2D eigenvalue weighted by atomic mass is 16.5. The van der Waals surface area contributed by atoms with E-state index < -0.39 is 6.10 Å². The Morgan fingerprint density at radius 2 is 1.78 bits per heavy atom. The van der Waals surface area contributed by atoms with Gasteiger partial charge in [0.15, 0.2) is 0 Å². The zero-order valence-corrected chi connectivity index (χ0v) is 12.1. The standard InChI is InChI=1S/C15H25NO2/c1-11-7-6-8-12(2)14(11)18-10-13(17)9-16-15(3,4)5/h6-8,13,16-17H,9-10H2,1-5H3/t13-/m1/s1. The Kier molecular flexibility index (Phi) is 5.17. The maximum Gasteiger partial charge on any atom is 0.125 e. The molecule has 0 aliphatic heterocycles. The molecule has 0 aromatic heterocycles. The summed E-state index contributed by atoms with van der Waals surface area (Å²) >= 11 is 0. The van der Waals surface area contributed by atoms with Crippen LogP contribution >= 0.6 is 0 Å². The van der Waals surface area contributed by atoms with Crippen LogP contribution in [-0.2, 0) is 0 Å². The van der Waals surface area contributed by atoms with Crippen LogP contribution in [0.3, 0.4) is 0 Å². The molecule has 1 atom stereocenters. The van der Waals surface area contributed by atoms with Gasteiger partial charge < -0.3 is 15.2 Å². The summed E-state index contributed by atoms with van der Waals surface area (Å²) in [5, 5.41) is 13.1. The fourth-order valence-electron chi connectivity index (χ4n) is 1.69. The number of aryl methyl sites for hydroxylation is 2. The molecule has 0 saturated carbocycles. The molecule has 1 aromatic rings. The van der Waals surface area contributed by atoms with Gasteiger partial charge in [-0.15, -0.1) is 0 Å². The van der Waals surface area contributed by atoms with Gasteiger partial charge in [0, 0.05) is 12.1 Å². The topological polar surface area (TPSA) is 41.5 Å². The van der Waals surface area contributed by atoms with Gasteiger partial charge in [-0.3, -0.25) is 0 Å². The van der Waals surface area contributed by atoms with E-state index in [1.54, 1.807) is 0 Å². The molecule has 0 heterocycles. The summed E-state index contributed by atoms with van der Waals surface area (Å²) in [7, 11) is 0. The zero-order chi connectivity index (χ0) is 13.8. The average molecular weight is 251 g/mol. The number of aliphatic hydroxyl groups excluding tert-OH is 1. The summed E-state index contributed by atoms with van der Waals surface area (Å²) in [4.78, 5) is 0. The number of aliphatic hydroxyl groups is 1. The average Bonchev–Trinajstić information content (AvgIpc) is 2.25. The van der Waals surface area contributed by atoms with E-state index in [0.29, 0.717) is 13.2 Å². The highest BCUT2D eigenvalue weighted by molar-refractivity contribution is 5.39. The Labute approximate surface area is 110 Å². The lowest BCUT2D eigenvalue weighted by atomic mass is 10.1. The van der Waals surface area contributed by atoms with Gasteiger partial charge in [-0.1, -0.05) is 18.2 Å². The van der Waals surface area contributed by atoms with E-state index in [2.05, 4.69) is 26.1 Å². The fourth-order valence-corrected chi connectivity index (χ4v) is 1.69. The Morgan fingerprint density at radius 1 is 1.22 bits per heavy atom. The zero-order valence-electron chi connectivity index (χ0n) is 12.1. The van der Waals surface area contributed by atoms with E-state index in [4.69, 9.17) is 4.74 Å². The molecular weight excluding hydrogens is 226 g/mol. The van der Waals surface area contributed by atoms with Crippen molar-refractivity contribution >= 4 is 0 Å². The second kappa shape index (κ2) is 6.21. The van der Waals surface area contributed by atoms with Crippen LogP contribution in [0.4, 0.5) is 0 Å². The molecule has 1 rings (SSSR count). The molecule has 1 aromatic carbocycles. The number of β-amino-alcohol motifs (C(OH)–C–C–N with tert-alkyl or cyclic N) is 1. The van der Waals surface area contributed by atoms with Gasteiger partial charge in [-0.25, -0.2) is 0 Å². The Hall–Kier alpha value is -1.06. The molecule has 0 bridgehead atoms. The Morgan fingerprint density at radius 3 is 2.28 bits per heavy atom. The van der Waals surface area contributed by atoms with Crippen molar-refractivity contribution in [2.75, 3.05) is 13.2 Å². The number of benzene rings is 1. The van der Waals surface area contributed by atoms with Gasteiger partial charge in [-0.2, -0.15) is 0 Å². The van der Waals surface area contributed by atoms with Gasteiger partial charge in [0.05, 0.1) is 0 Å². The summed E-state index contributed by atoms with van der Waals surface area (Å²) in [5.74, 6) is 0.882. The molecule has 0 amide bonds. The lowest BCUT2D eigenvalue weighted by Crippen LogP contribution is -2.42. The van der Waals surface area contributed by atoms with Gasteiger partial charge in [0.2, 0.25) is 0 Å². The highest BCUT2D eigenvalue weighted by Crippen LogP contribution is 2.22. The number of rotatable bonds is 5. The minimum atomic E-state index is -0.497. The first-order valence-corrected chi connectivity index (χ1v) is 6.42. The monoisotopic (exact) mass is 251 g/mol. The fraction of sp³-hybridized carbons (Fsp3) is 0.600.